The summed E-state index contributed by atoms with van der Waals surface area (Å²) < 4.78 is 0. The van der Waals surface area contributed by atoms with Gasteiger partial charge in [0.2, 0.25) is 0 Å². The molecular weight excluding hydrogens is 426 g/mol. The number of aromatic carboxylic acids is 1. The Morgan fingerprint density at radius 2 is 1.72 bits per heavy atom. The molecule has 0 atom stereocenters. The molecule has 32 heavy (non-hydrogen) atoms. The van der Waals surface area contributed by atoms with Crippen LogP contribution in [0.15, 0.2) is 72.3 Å². The number of hydrogen-bond acceptors (Lipinski definition) is 4. The Labute approximate surface area is 189 Å². The minimum absolute atomic E-state index is 0.0127. The molecule has 7 nitrogen and oxygen atoms in total. The Morgan fingerprint density at radius 1 is 1.00 bits per heavy atom. The molecule has 1 aliphatic rings. The van der Waals surface area contributed by atoms with Crippen LogP contribution in [0.2, 0.25) is 0 Å². The maximum Gasteiger partial charge on any atom is 0.335 e. The lowest BCUT2D eigenvalue weighted by Gasteiger charge is -2.28. The fourth-order valence-electron chi connectivity index (χ4n) is 3.40. The molecule has 0 spiro atoms. The number of benzene rings is 2. The van der Waals surface area contributed by atoms with Crippen molar-refractivity contribution in [3.8, 4) is 11.3 Å². The van der Waals surface area contributed by atoms with Crippen LogP contribution in [-0.4, -0.2) is 44.4 Å². The number of carbonyl (C=O) groups is 3. The summed E-state index contributed by atoms with van der Waals surface area (Å²) in [7, 11) is 0. The van der Waals surface area contributed by atoms with Crippen molar-refractivity contribution in [3.63, 3.8) is 0 Å². The zero-order valence-electron chi connectivity index (χ0n) is 16.9. The van der Waals surface area contributed by atoms with Gasteiger partial charge in [-0.25, -0.2) is 4.79 Å². The molecule has 2 heterocycles. The molecule has 160 valence electrons. The zero-order chi connectivity index (χ0) is 22.7. The number of amides is 2. The Morgan fingerprint density at radius 3 is 2.41 bits per heavy atom. The van der Waals surface area contributed by atoms with Crippen LogP contribution >= 0.6 is 12.2 Å². The van der Waals surface area contributed by atoms with Gasteiger partial charge in [-0.2, -0.15) is 0 Å². The summed E-state index contributed by atoms with van der Waals surface area (Å²) in [5, 5.41) is 11.7. The minimum Gasteiger partial charge on any atom is -0.478 e. The van der Waals surface area contributed by atoms with Gasteiger partial charge in [0.05, 0.1) is 5.56 Å². The molecule has 4 rings (SSSR count). The first kappa shape index (κ1) is 21.2. The summed E-state index contributed by atoms with van der Waals surface area (Å²) in [5.74, 6) is -1.99. The number of hydrogen-bond donors (Lipinski definition) is 3. The summed E-state index contributed by atoms with van der Waals surface area (Å²) in [6.45, 7) is 0.352. The molecule has 0 saturated carbocycles. The summed E-state index contributed by atoms with van der Waals surface area (Å²) in [4.78, 5) is 41.0. The van der Waals surface area contributed by atoms with Crippen molar-refractivity contribution in [2.75, 3.05) is 6.54 Å². The SMILES string of the molecule is O=C1NC(=S)N(CCc2ccccc2)C(=O)/C1=C\c1ccc(-c2ccc(C(=O)O)cc2)[nH]1. The molecule has 1 aliphatic heterocycles. The van der Waals surface area contributed by atoms with Gasteiger partial charge in [-0.1, -0.05) is 42.5 Å². The number of nitrogens with zero attached hydrogens (tertiary/aromatic N) is 1. The van der Waals surface area contributed by atoms with Crippen LogP contribution in [0.25, 0.3) is 17.3 Å². The van der Waals surface area contributed by atoms with Gasteiger partial charge in [0, 0.05) is 17.9 Å². The quantitative estimate of drug-likeness (QED) is 0.307. The number of carboxylic acid groups (broad SMARTS) is 1. The maximum atomic E-state index is 13.0. The summed E-state index contributed by atoms with van der Waals surface area (Å²) in [5.41, 5.74) is 3.32. The van der Waals surface area contributed by atoms with Gasteiger partial charge in [0.1, 0.15) is 5.57 Å². The van der Waals surface area contributed by atoms with E-state index in [9.17, 15) is 14.4 Å². The number of nitrogens with one attached hydrogen (secondary N) is 2. The highest BCUT2D eigenvalue weighted by Gasteiger charge is 2.33. The molecule has 1 fully saturated rings. The van der Waals surface area contributed by atoms with Crippen molar-refractivity contribution >= 4 is 41.2 Å². The summed E-state index contributed by atoms with van der Waals surface area (Å²) in [6, 6.07) is 19.7. The number of carbonyl (C=O) groups excluding carboxylic acids is 2. The number of H-pyrrole nitrogens is 1. The standard InChI is InChI=1S/C24H19N3O4S/c28-21-19(22(29)27(24(32)26-21)13-12-15-4-2-1-3-5-15)14-18-10-11-20(25-18)16-6-8-17(9-7-16)23(30)31/h1-11,14,25H,12-13H2,(H,30,31)(H,26,28,32)/b19-14-. The number of aromatic amines is 1. The zero-order valence-corrected chi connectivity index (χ0v) is 17.7. The van der Waals surface area contributed by atoms with E-state index in [4.69, 9.17) is 17.3 Å². The molecule has 3 N–H and O–H groups in total. The number of thiocarbonyl (C=S) groups is 1. The van der Waals surface area contributed by atoms with E-state index in [-0.39, 0.29) is 16.2 Å². The lowest BCUT2D eigenvalue weighted by atomic mass is 10.1. The first-order valence-electron chi connectivity index (χ1n) is 9.88. The van der Waals surface area contributed by atoms with Crippen LogP contribution in [-0.2, 0) is 16.0 Å². The molecule has 0 radical (unpaired) electrons. The Balaban J connectivity index is 1.53. The fourth-order valence-corrected chi connectivity index (χ4v) is 3.66. The highest BCUT2D eigenvalue weighted by atomic mass is 32.1. The number of rotatable bonds is 6. The molecule has 2 amide bonds. The molecule has 8 heteroatoms. The van der Waals surface area contributed by atoms with Gasteiger partial charge in [0.15, 0.2) is 5.11 Å². The molecule has 1 aromatic heterocycles. The monoisotopic (exact) mass is 445 g/mol. The largest absolute Gasteiger partial charge is 0.478 e. The Bertz CT molecular complexity index is 1230. The smallest absolute Gasteiger partial charge is 0.335 e. The van der Waals surface area contributed by atoms with Crippen LogP contribution in [0.5, 0.6) is 0 Å². The van der Waals surface area contributed by atoms with Crippen LogP contribution in [0, 0.1) is 0 Å². The third kappa shape index (κ3) is 4.50. The van der Waals surface area contributed by atoms with Crippen molar-refractivity contribution in [2.45, 2.75) is 6.42 Å². The third-order valence-electron chi connectivity index (χ3n) is 5.10. The molecule has 0 aliphatic carbocycles. The first-order valence-corrected chi connectivity index (χ1v) is 10.3. The number of carboxylic acids is 1. The van der Waals surface area contributed by atoms with Gasteiger partial charge in [-0.05, 0) is 60.1 Å². The predicted molar refractivity (Wildman–Crippen MR) is 124 cm³/mol. The average Bonchev–Trinajstić information content (AvgIpc) is 3.26. The second-order valence-electron chi connectivity index (χ2n) is 7.22. The number of aromatic nitrogens is 1. The molecule has 0 unspecified atom stereocenters. The second kappa shape index (κ2) is 8.99. The van der Waals surface area contributed by atoms with Crippen LogP contribution in [0.1, 0.15) is 21.6 Å². The van der Waals surface area contributed by atoms with Crippen molar-refractivity contribution < 1.29 is 19.5 Å². The lowest BCUT2D eigenvalue weighted by molar-refractivity contribution is -0.128. The first-order chi connectivity index (χ1) is 15.4. The summed E-state index contributed by atoms with van der Waals surface area (Å²) in [6.07, 6.45) is 2.10. The van der Waals surface area contributed by atoms with Crippen LogP contribution in [0.3, 0.4) is 0 Å². The van der Waals surface area contributed by atoms with Gasteiger partial charge in [-0.15, -0.1) is 0 Å². The topological polar surface area (TPSA) is 102 Å². The highest BCUT2D eigenvalue weighted by Crippen LogP contribution is 2.21. The highest BCUT2D eigenvalue weighted by molar-refractivity contribution is 7.80. The van der Waals surface area contributed by atoms with Crippen molar-refractivity contribution in [3.05, 3.63) is 89.1 Å². The van der Waals surface area contributed by atoms with Crippen molar-refractivity contribution in [2.24, 2.45) is 0 Å². The molecule has 2 aromatic carbocycles. The maximum absolute atomic E-state index is 13.0. The molecule has 3 aromatic rings. The summed E-state index contributed by atoms with van der Waals surface area (Å²) >= 11 is 5.21. The second-order valence-corrected chi connectivity index (χ2v) is 7.61. The van der Waals surface area contributed by atoms with E-state index in [1.807, 2.05) is 30.3 Å². The van der Waals surface area contributed by atoms with Crippen LogP contribution in [0.4, 0.5) is 0 Å². The van der Waals surface area contributed by atoms with E-state index in [0.29, 0.717) is 18.7 Å². The van der Waals surface area contributed by atoms with Gasteiger partial charge >= 0.3 is 5.97 Å². The predicted octanol–water partition coefficient (Wildman–Crippen LogP) is 3.25. The van der Waals surface area contributed by atoms with E-state index in [2.05, 4.69) is 10.3 Å². The molecular formula is C24H19N3O4S. The molecule has 1 saturated heterocycles. The lowest BCUT2D eigenvalue weighted by Crippen LogP contribution is -2.54. The van der Waals surface area contributed by atoms with Crippen molar-refractivity contribution in [1.82, 2.24) is 15.2 Å². The van der Waals surface area contributed by atoms with E-state index < -0.39 is 17.8 Å². The Hall–Kier alpha value is -4.04. The van der Waals surface area contributed by atoms with Crippen molar-refractivity contribution in [1.29, 1.82) is 0 Å². The van der Waals surface area contributed by atoms with E-state index >= 15 is 0 Å². The Kier molecular flexibility index (Phi) is 5.96. The van der Waals surface area contributed by atoms with E-state index in [1.54, 1.807) is 24.3 Å². The minimum atomic E-state index is -0.995. The van der Waals surface area contributed by atoms with Gasteiger partial charge in [0.25, 0.3) is 11.8 Å². The average molecular weight is 446 g/mol. The van der Waals surface area contributed by atoms with Crippen LogP contribution < -0.4 is 5.32 Å². The van der Waals surface area contributed by atoms with Gasteiger partial charge < -0.3 is 10.1 Å². The molecule has 0 bridgehead atoms. The van der Waals surface area contributed by atoms with Gasteiger partial charge in [-0.3, -0.25) is 19.8 Å². The normalized spacial score (nSPS) is 15.2. The third-order valence-corrected chi connectivity index (χ3v) is 5.43. The van der Waals surface area contributed by atoms with E-state index in [1.165, 1.54) is 23.1 Å². The fraction of sp³-hybridized carbons (Fsp3) is 0.0833. The van der Waals surface area contributed by atoms with E-state index in [0.717, 1.165) is 16.8 Å².